The van der Waals surface area contributed by atoms with E-state index < -0.39 is 23.6 Å². The fourth-order valence-corrected chi connectivity index (χ4v) is 1.77. The molecular formula is C14H14O5. The Morgan fingerprint density at radius 3 is 2.37 bits per heavy atom. The summed E-state index contributed by atoms with van der Waals surface area (Å²) < 4.78 is 10.2. The molecule has 1 heterocycles. The van der Waals surface area contributed by atoms with Gasteiger partial charge < -0.3 is 14.6 Å². The largest absolute Gasteiger partial charge is 0.475 e. The smallest absolute Gasteiger partial charge is 0.390 e. The van der Waals surface area contributed by atoms with Crippen LogP contribution in [-0.4, -0.2) is 22.8 Å². The third-order valence-corrected chi connectivity index (χ3v) is 2.86. The maximum Gasteiger partial charge on any atom is 0.390 e. The Morgan fingerprint density at radius 1 is 1.26 bits per heavy atom. The Morgan fingerprint density at radius 2 is 1.89 bits per heavy atom. The number of carbonyl (C=O) groups excluding carboxylic acids is 1. The second-order valence-electron chi connectivity index (χ2n) is 4.54. The lowest BCUT2D eigenvalue weighted by Crippen LogP contribution is -2.45. The first kappa shape index (κ1) is 13.1. The molecule has 1 N–H and O–H groups in total. The second-order valence-corrected chi connectivity index (χ2v) is 4.54. The molecule has 5 nitrogen and oxygen atoms in total. The van der Waals surface area contributed by atoms with E-state index in [0.29, 0.717) is 0 Å². The molecule has 5 heteroatoms. The van der Waals surface area contributed by atoms with Crippen molar-refractivity contribution >= 4 is 18.0 Å². The van der Waals surface area contributed by atoms with Gasteiger partial charge in [-0.3, -0.25) is 0 Å². The quantitative estimate of drug-likeness (QED) is 0.666. The predicted molar refractivity (Wildman–Crippen MR) is 66.8 cm³/mol. The van der Waals surface area contributed by atoms with Crippen molar-refractivity contribution in [3.63, 3.8) is 0 Å². The summed E-state index contributed by atoms with van der Waals surface area (Å²) in [5.41, 5.74) is 0.736. The van der Waals surface area contributed by atoms with Gasteiger partial charge in [-0.25, -0.2) is 9.59 Å². The van der Waals surface area contributed by atoms with Crippen molar-refractivity contribution in [1.29, 1.82) is 0 Å². The summed E-state index contributed by atoms with van der Waals surface area (Å²) in [6, 6.07) is 9.00. The molecule has 1 aromatic rings. The first-order valence-corrected chi connectivity index (χ1v) is 5.88. The minimum atomic E-state index is -1.93. The van der Waals surface area contributed by atoms with Gasteiger partial charge in [-0.2, -0.15) is 0 Å². The van der Waals surface area contributed by atoms with Crippen molar-refractivity contribution in [2.45, 2.75) is 19.6 Å². The average Bonchev–Trinajstić information content (AvgIpc) is 2.69. The number of esters is 1. The zero-order valence-corrected chi connectivity index (χ0v) is 10.6. The first-order chi connectivity index (χ1) is 8.95. The Hall–Kier alpha value is -2.30. The van der Waals surface area contributed by atoms with Crippen LogP contribution in [0.4, 0.5) is 0 Å². The van der Waals surface area contributed by atoms with Crippen LogP contribution in [-0.2, 0) is 19.1 Å². The molecule has 0 unspecified atom stereocenters. The number of ether oxygens (including phenoxy) is 2. The van der Waals surface area contributed by atoms with Gasteiger partial charge in [-0.15, -0.1) is 0 Å². The van der Waals surface area contributed by atoms with E-state index in [1.54, 1.807) is 38.1 Å². The maximum atomic E-state index is 11.7. The van der Waals surface area contributed by atoms with Gasteiger partial charge in [0.15, 0.2) is 0 Å². The number of carbonyl (C=O) groups is 2. The van der Waals surface area contributed by atoms with Crippen LogP contribution < -0.4 is 0 Å². The molecule has 1 saturated heterocycles. The zero-order valence-electron chi connectivity index (χ0n) is 10.6. The standard InChI is InChI=1S/C14H14O5/c1-9(2)14(13(16)17)18-11(12(15)19-14)8-10-6-4-3-5-7-10/h3-9H,1-2H3,(H,16,17)/t14-/m0/s1. The fourth-order valence-electron chi connectivity index (χ4n) is 1.77. The Kier molecular flexibility index (Phi) is 3.29. The van der Waals surface area contributed by atoms with E-state index >= 15 is 0 Å². The minimum absolute atomic E-state index is 0.0951. The molecule has 0 aliphatic carbocycles. The highest BCUT2D eigenvalue weighted by Crippen LogP contribution is 2.35. The van der Waals surface area contributed by atoms with Gasteiger partial charge in [-0.1, -0.05) is 44.2 Å². The van der Waals surface area contributed by atoms with Crippen LogP contribution in [0.1, 0.15) is 19.4 Å². The minimum Gasteiger partial charge on any atom is -0.475 e. The van der Waals surface area contributed by atoms with Crippen molar-refractivity contribution in [1.82, 2.24) is 0 Å². The van der Waals surface area contributed by atoms with Crippen LogP contribution in [0.3, 0.4) is 0 Å². The SMILES string of the molecule is CC(C)[C@@]1(C(=O)O)OC(=O)C(=Cc2ccccc2)O1. The summed E-state index contributed by atoms with van der Waals surface area (Å²) in [4.78, 5) is 23.0. The number of carboxylic acid groups (broad SMARTS) is 1. The lowest BCUT2D eigenvalue weighted by atomic mass is 10.0. The molecule has 1 atom stereocenters. The molecular weight excluding hydrogens is 248 g/mol. The Bertz CT molecular complexity index is 532. The van der Waals surface area contributed by atoms with E-state index in [2.05, 4.69) is 0 Å². The van der Waals surface area contributed by atoms with Gasteiger partial charge >= 0.3 is 17.7 Å². The highest BCUT2D eigenvalue weighted by Gasteiger charge is 2.55. The number of carboxylic acids is 1. The van der Waals surface area contributed by atoms with Crippen LogP contribution in [0.5, 0.6) is 0 Å². The van der Waals surface area contributed by atoms with Crippen LogP contribution in [0.25, 0.3) is 6.08 Å². The van der Waals surface area contributed by atoms with Gasteiger partial charge in [0.25, 0.3) is 0 Å². The molecule has 1 aliphatic heterocycles. The summed E-state index contributed by atoms with van der Waals surface area (Å²) >= 11 is 0. The summed E-state index contributed by atoms with van der Waals surface area (Å²) in [7, 11) is 0. The van der Waals surface area contributed by atoms with E-state index in [-0.39, 0.29) is 5.76 Å². The van der Waals surface area contributed by atoms with Gasteiger partial charge in [0, 0.05) is 5.92 Å². The Labute approximate surface area is 110 Å². The number of aliphatic carboxylic acids is 1. The number of benzene rings is 1. The second kappa shape index (κ2) is 4.76. The number of cyclic esters (lactones) is 1. The van der Waals surface area contributed by atoms with Crippen LogP contribution in [0.2, 0.25) is 0 Å². The van der Waals surface area contributed by atoms with E-state index in [1.165, 1.54) is 6.08 Å². The third-order valence-electron chi connectivity index (χ3n) is 2.86. The summed E-state index contributed by atoms with van der Waals surface area (Å²) in [6.45, 7) is 3.24. The van der Waals surface area contributed by atoms with Gasteiger partial charge in [0.2, 0.25) is 5.76 Å². The van der Waals surface area contributed by atoms with Crippen molar-refractivity contribution < 1.29 is 24.2 Å². The number of hydrogen-bond donors (Lipinski definition) is 1. The molecule has 1 fully saturated rings. The summed E-state index contributed by atoms with van der Waals surface area (Å²) in [5, 5.41) is 9.21. The maximum absolute atomic E-state index is 11.7. The number of rotatable bonds is 3. The topological polar surface area (TPSA) is 72.8 Å². The van der Waals surface area contributed by atoms with E-state index in [4.69, 9.17) is 9.47 Å². The summed E-state index contributed by atoms with van der Waals surface area (Å²) in [6.07, 6.45) is 1.47. The van der Waals surface area contributed by atoms with E-state index in [9.17, 15) is 14.7 Å². The predicted octanol–water partition coefficient (Wildman–Crippen LogP) is 2.04. The fraction of sp³-hybridized carbons (Fsp3) is 0.286. The lowest BCUT2D eigenvalue weighted by molar-refractivity contribution is -0.212. The molecule has 0 bridgehead atoms. The normalized spacial score (nSPS) is 24.4. The van der Waals surface area contributed by atoms with Gasteiger partial charge in [-0.05, 0) is 11.6 Å². The molecule has 0 spiro atoms. The van der Waals surface area contributed by atoms with Crippen molar-refractivity contribution in [2.75, 3.05) is 0 Å². The molecule has 19 heavy (non-hydrogen) atoms. The zero-order chi connectivity index (χ0) is 14.0. The van der Waals surface area contributed by atoms with E-state index in [1.807, 2.05) is 6.07 Å². The molecule has 0 aromatic heterocycles. The van der Waals surface area contributed by atoms with Gasteiger partial charge in [0.05, 0.1) is 0 Å². The monoisotopic (exact) mass is 262 g/mol. The molecule has 1 aliphatic rings. The first-order valence-electron chi connectivity index (χ1n) is 5.88. The van der Waals surface area contributed by atoms with Crippen LogP contribution in [0, 0.1) is 5.92 Å². The highest BCUT2D eigenvalue weighted by molar-refractivity contribution is 5.96. The van der Waals surface area contributed by atoms with Crippen LogP contribution >= 0.6 is 0 Å². The van der Waals surface area contributed by atoms with Crippen molar-refractivity contribution in [3.8, 4) is 0 Å². The van der Waals surface area contributed by atoms with Crippen molar-refractivity contribution in [2.24, 2.45) is 5.92 Å². The van der Waals surface area contributed by atoms with Crippen LogP contribution in [0.15, 0.2) is 36.1 Å². The average molecular weight is 262 g/mol. The molecule has 0 radical (unpaired) electrons. The molecule has 0 saturated carbocycles. The molecule has 0 amide bonds. The van der Waals surface area contributed by atoms with Gasteiger partial charge in [0.1, 0.15) is 0 Å². The molecule has 1 aromatic carbocycles. The number of hydrogen-bond acceptors (Lipinski definition) is 4. The third kappa shape index (κ3) is 2.31. The lowest BCUT2D eigenvalue weighted by Gasteiger charge is -2.24. The molecule has 2 rings (SSSR count). The highest BCUT2D eigenvalue weighted by atomic mass is 16.8. The summed E-state index contributed by atoms with van der Waals surface area (Å²) in [5.74, 6) is -4.61. The van der Waals surface area contributed by atoms with E-state index in [0.717, 1.165) is 5.56 Å². The Balaban J connectivity index is 2.34. The van der Waals surface area contributed by atoms with Crippen molar-refractivity contribution in [3.05, 3.63) is 41.7 Å². The molecule has 100 valence electrons.